The van der Waals surface area contributed by atoms with Crippen molar-refractivity contribution in [3.63, 3.8) is 0 Å². The van der Waals surface area contributed by atoms with Crippen molar-refractivity contribution in [3.8, 4) is 0 Å². The van der Waals surface area contributed by atoms with Crippen molar-refractivity contribution in [3.05, 3.63) is 59.7 Å². The van der Waals surface area contributed by atoms with Crippen LogP contribution in [-0.2, 0) is 24.8 Å². The lowest BCUT2D eigenvalue weighted by molar-refractivity contribution is 0.0436. The van der Waals surface area contributed by atoms with E-state index in [0.717, 1.165) is 11.1 Å². The van der Waals surface area contributed by atoms with Crippen LogP contribution in [0.15, 0.2) is 62.7 Å². The highest BCUT2D eigenvalue weighted by Gasteiger charge is 2.32. The van der Waals surface area contributed by atoms with Gasteiger partial charge in [-0.25, -0.2) is 8.42 Å². The number of rotatable bonds is 6. The first kappa shape index (κ1) is 25.8. The molecule has 2 heterocycles. The van der Waals surface area contributed by atoms with Gasteiger partial charge in [0.15, 0.2) is 0 Å². The number of ether oxygens (including phenoxy) is 1. The molecule has 0 aromatic heterocycles. The number of benzene rings is 2. The van der Waals surface area contributed by atoms with Gasteiger partial charge in [-0.1, -0.05) is 35.4 Å². The molecule has 35 heavy (non-hydrogen) atoms. The fourth-order valence-corrected chi connectivity index (χ4v) is 6.56. The Bertz CT molecular complexity index is 1250. The number of sulfonamides is 2. The van der Waals surface area contributed by atoms with Crippen molar-refractivity contribution in [2.45, 2.75) is 30.1 Å². The molecule has 0 unspecified atom stereocenters. The van der Waals surface area contributed by atoms with E-state index in [1.54, 1.807) is 53.4 Å². The topological polar surface area (TPSA) is 99.6 Å². The number of morpholine rings is 1. The molecule has 0 amide bonds. The minimum Gasteiger partial charge on any atom is -0.379 e. The summed E-state index contributed by atoms with van der Waals surface area (Å²) in [5.41, 5.74) is 1.93. The Kier molecular flexibility index (Phi) is 7.92. The Morgan fingerprint density at radius 2 is 1.40 bits per heavy atom. The summed E-state index contributed by atoms with van der Waals surface area (Å²) in [6.45, 7) is 7.45. The summed E-state index contributed by atoms with van der Waals surface area (Å²) in [5, 5.41) is 0. The van der Waals surface area contributed by atoms with Gasteiger partial charge in [0.2, 0.25) is 10.0 Å². The van der Waals surface area contributed by atoms with Gasteiger partial charge in [-0.3, -0.25) is 4.90 Å². The third-order valence-corrected chi connectivity index (χ3v) is 9.37. The van der Waals surface area contributed by atoms with E-state index < -0.39 is 20.0 Å². The van der Waals surface area contributed by atoms with E-state index in [1.165, 1.54) is 4.31 Å². The second-order valence-corrected chi connectivity index (χ2v) is 12.5. The maximum Gasteiger partial charge on any atom is 0.283 e. The second-order valence-electron chi connectivity index (χ2n) is 8.94. The molecule has 2 aliphatic rings. The Labute approximate surface area is 208 Å². The van der Waals surface area contributed by atoms with Crippen LogP contribution in [0.5, 0.6) is 0 Å². The minimum atomic E-state index is -3.97. The average Bonchev–Trinajstić information content (AvgIpc) is 2.85. The number of hydrogen-bond acceptors (Lipinski definition) is 6. The Morgan fingerprint density at radius 3 is 2.00 bits per heavy atom. The van der Waals surface area contributed by atoms with E-state index in [4.69, 9.17) is 4.74 Å². The zero-order valence-electron chi connectivity index (χ0n) is 20.1. The van der Waals surface area contributed by atoms with E-state index in [0.29, 0.717) is 58.2 Å². The summed E-state index contributed by atoms with van der Waals surface area (Å²) >= 11 is 0. The number of aryl methyl sites for hydroxylation is 2. The molecule has 2 aliphatic heterocycles. The first-order valence-corrected chi connectivity index (χ1v) is 14.6. The van der Waals surface area contributed by atoms with Crippen LogP contribution in [0.4, 0.5) is 0 Å². The molecule has 2 aromatic rings. The number of amidine groups is 1. The molecule has 2 fully saturated rings. The van der Waals surface area contributed by atoms with E-state index in [1.807, 2.05) is 13.8 Å². The maximum atomic E-state index is 13.3. The predicted octanol–water partition coefficient (Wildman–Crippen LogP) is 2.08. The molecule has 2 saturated heterocycles. The van der Waals surface area contributed by atoms with E-state index in [9.17, 15) is 16.8 Å². The lowest BCUT2D eigenvalue weighted by Gasteiger charge is -2.38. The van der Waals surface area contributed by atoms with Crippen LogP contribution in [0.3, 0.4) is 0 Å². The van der Waals surface area contributed by atoms with Crippen LogP contribution >= 0.6 is 0 Å². The zero-order chi connectivity index (χ0) is 25.1. The van der Waals surface area contributed by atoms with E-state index in [-0.39, 0.29) is 16.5 Å². The Balaban J connectivity index is 1.63. The van der Waals surface area contributed by atoms with Crippen LogP contribution in [-0.4, -0.2) is 89.4 Å². The highest BCUT2D eigenvalue weighted by atomic mass is 32.2. The Morgan fingerprint density at radius 1 is 0.829 bits per heavy atom. The number of hydrogen-bond donors (Lipinski definition) is 0. The first-order chi connectivity index (χ1) is 16.6. The molecule has 190 valence electrons. The molecule has 0 atom stereocenters. The molecule has 0 radical (unpaired) electrons. The molecule has 0 saturated carbocycles. The van der Waals surface area contributed by atoms with E-state index in [2.05, 4.69) is 9.30 Å². The summed E-state index contributed by atoms with van der Waals surface area (Å²) < 4.78 is 64.0. The highest BCUT2D eigenvalue weighted by Crippen LogP contribution is 2.21. The fraction of sp³-hybridized carbons (Fsp3) is 0.458. The van der Waals surface area contributed by atoms with Crippen molar-refractivity contribution in [1.29, 1.82) is 0 Å². The largest absolute Gasteiger partial charge is 0.379 e. The van der Waals surface area contributed by atoms with Gasteiger partial charge in [0.05, 0.1) is 36.2 Å². The summed E-state index contributed by atoms with van der Waals surface area (Å²) in [4.78, 5) is 4.20. The van der Waals surface area contributed by atoms with Crippen LogP contribution < -0.4 is 0 Å². The molecule has 0 N–H and O–H groups in total. The monoisotopic (exact) mass is 520 g/mol. The normalized spacial score (nSPS) is 19.1. The molecule has 0 spiro atoms. The lowest BCUT2D eigenvalue weighted by Crippen LogP contribution is -2.53. The maximum absolute atomic E-state index is 13.3. The van der Waals surface area contributed by atoms with E-state index >= 15 is 0 Å². The average molecular weight is 521 g/mol. The van der Waals surface area contributed by atoms with Gasteiger partial charge in [0.25, 0.3) is 10.0 Å². The molecule has 11 heteroatoms. The van der Waals surface area contributed by atoms with Gasteiger partial charge in [0.1, 0.15) is 5.84 Å². The third kappa shape index (κ3) is 6.28. The van der Waals surface area contributed by atoms with Crippen molar-refractivity contribution in [2.75, 3.05) is 52.6 Å². The number of nitrogens with zero attached hydrogens (tertiary/aromatic N) is 4. The molecular weight excluding hydrogens is 488 g/mol. The third-order valence-electron chi connectivity index (χ3n) is 6.20. The van der Waals surface area contributed by atoms with Gasteiger partial charge in [-0.05, 0) is 44.5 Å². The zero-order valence-corrected chi connectivity index (χ0v) is 21.8. The molecule has 2 aromatic carbocycles. The van der Waals surface area contributed by atoms with Crippen molar-refractivity contribution in [2.24, 2.45) is 4.40 Å². The first-order valence-electron chi connectivity index (χ1n) is 11.7. The SMILES string of the molecule is Cc1ccc(S(=O)(=O)/N=C(\CN2CCOCC2)N2CCCN(S(=O)(=O)c3ccc(C)cc3)C2)cc1. The molecule has 9 nitrogen and oxygen atoms in total. The molecule has 0 bridgehead atoms. The second kappa shape index (κ2) is 10.8. The van der Waals surface area contributed by atoms with Crippen LogP contribution in [0.2, 0.25) is 0 Å². The van der Waals surface area contributed by atoms with Gasteiger partial charge < -0.3 is 9.64 Å². The van der Waals surface area contributed by atoms with Gasteiger partial charge in [0, 0.05) is 26.2 Å². The quantitative estimate of drug-likeness (QED) is 0.425. The summed E-state index contributed by atoms with van der Waals surface area (Å²) in [6, 6.07) is 13.3. The smallest absolute Gasteiger partial charge is 0.283 e. The van der Waals surface area contributed by atoms with Crippen LogP contribution in [0.1, 0.15) is 17.5 Å². The lowest BCUT2D eigenvalue weighted by atomic mass is 10.2. The molecular formula is C24H32N4O5S2. The van der Waals surface area contributed by atoms with Gasteiger partial charge in [-0.15, -0.1) is 4.40 Å². The predicted molar refractivity (Wildman–Crippen MR) is 134 cm³/mol. The van der Waals surface area contributed by atoms with Crippen LogP contribution in [0, 0.1) is 13.8 Å². The highest BCUT2D eigenvalue weighted by molar-refractivity contribution is 7.90. The van der Waals surface area contributed by atoms with Gasteiger partial charge >= 0.3 is 0 Å². The summed E-state index contributed by atoms with van der Waals surface area (Å²) in [5.74, 6) is 0.344. The van der Waals surface area contributed by atoms with Crippen LogP contribution in [0.25, 0.3) is 0 Å². The van der Waals surface area contributed by atoms with Crippen molar-refractivity contribution < 1.29 is 21.6 Å². The summed E-state index contributed by atoms with van der Waals surface area (Å²) in [6.07, 6.45) is 0.567. The summed E-state index contributed by atoms with van der Waals surface area (Å²) in [7, 11) is -7.69. The Hall–Kier alpha value is -2.31. The van der Waals surface area contributed by atoms with Gasteiger partial charge in [-0.2, -0.15) is 12.7 Å². The minimum absolute atomic E-state index is 0.0444. The molecule has 0 aliphatic carbocycles. The van der Waals surface area contributed by atoms with Crippen molar-refractivity contribution in [1.82, 2.24) is 14.1 Å². The molecule has 4 rings (SSSR count). The standard InChI is InChI=1S/C24H32N4O5S2/c1-20-4-8-22(9-5-20)34(29,30)25-24(18-26-14-16-33-17-15-26)27-12-3-13-28(19-27)35(31,32)23-10-6-21(2)7-11-23/h4-11H,3,12-19H2,1-2H3/b25-24+. The fourth-order valence-electron chi connectivity index (χ4n) is 4.08. The van der Waals surface area contributed by atoms with Crippen molar-refractivity contribution >= 4 is 25.9 Å².